The molecular weight excluding hydrogens is 1020 g/mol. The van der Waals surface area contributed by atoms with E-state index in [2.05, 4.69) is 6.07 Å². The molecule has 16 heteroatoms. The Morgan fingerprint density at radius 2 is 0.818 bits per heavy atom. The quantitative estimate of drug-likeness (QED) is 0.156. The first-order valence-corrected chi connectivity index (χ1v) is 23.4. The molecule has 2 aromatic heterocycles. The highest BCUT2D eigenvalue weighted by Crippen LogP contribution is 2.47. The zero-order valence-electron chi connectivity index (χ0n) is 39.6. The predicted molar refractivity (Wildman–Crippen MR) is 271 cm³/mol. The van der Waals surface area contributed by atoms with E-state index in [4.69, 9.17) is 0 Å². The van der Waals surface area contributed by atoms with Gasteiger partial charge in [0, 0.05) is 32.7 Å². The molecule has 380 valence electrons. The molecular formula is C61H32F12N4. The first-order valence-electron chi connectivity index (χ1n) is 23.4. The summed E-state index contributed by atoms with van der Waals surface area (Å²) in [6.45, 7) is 1.57. The van der Waals surface area contributed by atoms with E-state index in [-0.39, 0.29) is 39.4 Å². The fraction of sp³-hybridized carbons (Fsp3) is 0.0820. The molecule has 0 bridgehead atoms. The monoisotopic (exact) mass is 1050 g/mol. The third-order valence-electron chi connectivity index (χ3n) is 13.8. The van der Waals surface area contributed by atoms with E-state index in [1.807, 2.05) is 22.8 Å². The maximum atomic E-state index is 14.6. The van der Waals surface area contributed by atoms with E-state index in [0.29, 0.717) is 83.3 Å². The van der Waals surface area contributed by atoms with E-state index in [9.17, 15) is 63.2 Å². The lowest BCUT2D eigenvalue weighted by Crippen LogP contribution is -2.12. The van der Waals surface area contributed by atoms with Gasteiger partial charge in [-0.25, -0.2) is 0 Å². The highest BCUT2D eigenvalue weighted by atomic mass is 19.4. The summed E-state index contributed by atoms with van der Waals surface area (Å²) in [4.78, 5) is 0. The van der Waals surface area contributed by atoms with Gasteiger partial charge in [-0.3, -0.25) is 0 Å². The van der Waals surface area contributed by atoms with Gasteiger partial charge in [0.2, 0.25) is 0 Å². The predicted octanol–water partition coefficient (Wildman–Crippen LogP) is 18.7. The molecule has 0 atom stereocenters. The van der Waals surface area contributed by atoms with Crippen molar-refractivity contribution in [2.75, 3.05) is 0 Å². The molecule has 0 amide bonds. The van der Waals surface area contributed by atoms with E-state index < -0.39 is 52.5 Å². The minimum atomic E-state index is -5.18. The van der Waals surface area contributed by atoms with Gasteiger partial charge in [-0.05, 0) is 131 Å². The van der Waals surface area contributed by atoms with Gasteiger partial charge in [0.25, 0.3) is 0 Å². The van der Waals surface area contributed by atoms with Crippen LogP contribution in [0.2, 0.25) is 0 Å². The number of nitriles is 2. The number of alkyl halides is 12. The van der Waals surface area contributed by atoms with Gasteiger partial charge >= 0.3 is 24.7 Å². The first-order chi connectivity index (χ1) is 36.5. The minimum absolute atomic E-state index is 0.0428. The number of halogens is 12. The minimum Gasteiger partial charge on any atom is -0.309 e. The second-order valence-electron chi connectivity index (χ2n) is 18.4. The number of hydrogen-bond donors (Lipinski definition) is 0. The van der Waals surface area contributed by atoms with Crippen LogP contribution in [0, 0.1) is 29.6 Å². The molecule has 0 aliphatic carbocycles. The van der Waals surface area contributed by atoms with Crippen molar-refractivity contribution >= 4 is 43.6 Å². The summed E-state index contributed by atoms with van der Waals surface area (Å²) < 4.78 is 174. The maximum Gasteiger partial charge on any atom is 0.417 e. The van der Waals surface area contributed by atoms with Crippen molar-refractivity contribution < 1.29 is 52.7 Å². The molecule has 0 aliphatic rings. The number of rotatable bonds is 6. The van der Waals surface area contributed by atoms with Gasteiger partial charge in [-0.1, -0.05) is 90.5 Å². The van der Waals surface area contributed by atoms with Crippen LogP contribution >= 0.6 is 0 Å². The van der Waals surface area contributed by atoms with Gasteiger partial charge in [0.05, 0.1) is 79.0 Å². The standard InChI is InChI=1S/C61H32F12N4/c1-33-10-17-42(50(24-33)60(68,69)70)36-13-22-54-47(28-36)44-6-2-4-8-52(44)76(54)55-21-12-35(41-19-15-39(58(62,63)64)26-38(41)32-75)27-49(55)46-18-11-34(31-74)25-57(46)77-53-9-5-3-7-45(53)48-29-37(14-23-56(48)77)43-20-16-40(59(65,66)67)30-51(43)61(71,72)73/h2-30H,1H3. The summed E-state index contributed by atoms with van der Waals surface area (Å²) >= 11 is 0. The molecule has 11 aromatic rings. The topological polar surface area (TPSA) is 57.4 Å². The summed E-state index contributed by atoms with van der Waals surface area (Å²) in [7, 11) is 0. The van der Waals surface area contributed by atoms with Gasteiger partial charge < -0.3 is 9.13 Å². The molecule has 9 aromatic carbocycles. The van der Waals surface area contributed by atoms with Crippen LogP contribution in [0.4, 0.5) is 52.7 Å². The Morgan fingerprint density at radius 1 is 0.351 bits per heavy atom. The SMILES string of the molecule is Cc1ccc(-c2ccc3c(c2)c2ccccc2n3-c2ccc(-c3ccc(C(F)(F)F)cc3C#N)cc2-c2ccc(C#N)cc2-n2c3ccccc3c3cc(-c4ccc(C(F)(F)F)cc4C(F)(F)F)ccc32)c(C(F)(F)F)c1. The Hall–Kier alpha value is -9.28. The second kappa shape index (κ2) is 17.9. The van der Waals surface area contributed by atoms with Crippen LogP contribution in [0.5, 0.6) is 0 Å². The highest BCUT2D eigenvalue weighted by Gasteiger charge is 2.39. The molecule has 2 heterocycles. The van der Waals surface area contributed by atoms with Gasteiger partial charge in [-0.15, -0.1) is 0 Å². The molecule has 0 spiro atoms. The van der Waals surface area contributed by atoms with E-state index in [1.54, 1.807) is 109 Å². The van der Waals surface area contributed by atoms with Crippen molar-refractivity contribution in [1.82, 2.24) is 9.13 Å². The number of hydrogen-bond acceptors (Lipinski definition) is 2. The van der Waals surface area contributed by atoms with Crippen molar-refractivity contribution in [2.45, 2.75) is 31.6 Å². The fourth-order valence-electron chi connectivity index (χ4n) is 10.3. The van der Waals surface area contributed by atoms with Gasteiger partial charge in [0.1, 0.15) is 0 Å². The maximum absolute atomic E-state index is 14.6. The number of aromatic nitrogens is 2. The molecule has 0 radical (unpaired) electrons. The number of nitrogens with zero attached hydrogens (tertiary/aromatic N) is 4. The second-order valence-corrected chi connectivity index (χ2v) is 18.4. The zero-order valence-corrected chi connectivity index (χ0v) is 39.6. The summed E-state index contributed by atoms with van der Waals surface area (Å²) in [6, 6.07) is 45.4. The van der Waals surface area contributed by atoms with Crippen LogP contribution in [-0.4, -0.2) is 9.13 Å². The van der Waals surface area contributed by atoms with Gasteiger partial charge in [0.15, 0.2) is 0 Å². The van der Waals surface area contributed by atoms with Crippen molar-refractivity contribution in [2.24, 2.45) is 0 Å². The molecule has 0 saturated heterocycles. The third kappa shape index (κ3) is 8.65. The van der Waals surface area contributed by atoms with Gasteiger partial charge in [-0.2, -0.15) is 63.2 Å². The fourth-order valence-corrected chi connectivity index (χ4v) is 10.3. The van der Waals surface area contributed by atoms with Crippen molar-refractivity contribution in [3.05, 3.63) is 215 Å². The Balaban J connectivity index is 1.20. The van der Waals surface area contributed by atoms with Crippen LogP contribution in [0.25, 0.3) is 99.5 Å². The molecule has 11 rings (SSSR count). The molecule has 77 heavy (non-hydrogen) atoms. The molecule has 0 aliphatic heterocycles. The lowest BCUT2D eigenvalue weighted by molar-refractivity contribution is -0.143. The molecule has 4 nitrogen and oxygen atoms in total. The van der Waals surface area contributed by atoms with Crippen LogP contribution in [0.15, 0.2) is 176 Å². The van der Waals surface area contributed by atoms with Crippen molar-refractivity contribution in [3.8, 4) is 68.0 Å². The third-order valence-corrected chi connectivity index (χ3v) is 13.8. The Bertz CT molecular complexity index is 4330. The van der Waals surface area contributed by atoms with Crippen LogP contribution in [-0.2, 0) is 24.7 Å². The summed E-state index contributed by atoms with van der Waals surface area (Å²) in [6.07, 6.45) is -19.7. The van der Waals surface area contributed by atoms with Crippen molar-refractivity contribution in [3.63, 3.8) is 0 Å². The number of fused-ring (bicyclic) bond motifs is 6. The highest BCUT2D eigenvalue weighted by molar-refractivity contribution is 6.13. The van der Waals surface area contributed by atoms with E-state index in [0.717, 1.165) is 24.3 Å². The summed E-state index contributed by atoms with van der Waals surface area (Å²) in [5.41, 5.74) is -0.833. The van der Waals surface area contributed by atoms with Crippen LogP contribution < -0.4 is 0 Å². The van der Waals surface area contributed by atoms with Crippen LogP contribution in [0.1, 0.15) is 38.9 Å². The Kier molecular flexibility index (Phi) is 11.6. The Morgan fingerprint density at radius 3 is 1.36 bits per heavy atom. The van der Waals surface area contributed by atoms with Crippen molar-refractivity contribution in [1.29, 1.82) is 10.5 Å². The number of para-hydroxylation sites is 2. The Labute approximate surface area is 429 Å². The largest absolute Gasteiger partial charge is 0.417 e. The smallest absolute Gasteiger partial charge is 0.309 e. The molecule has 0 N–H and O–H groups in total. The van der Waals surface area contributed by atoms with Crippen LogP contribution in [0.3, 0.4) is 0 Å². The lowest BCUT2D eigenvalue weighted by Gasteiger charge is -2.20. The summed E-state index contributed by atoms with van der Waals surface area (Å²) in [5.74, 6) is 0. The normalized spacial score (nSPS) is 12.5. The molecule has 0 saturated carbocycles. The van der Waals surface area contributed by atoms with E-state index in [1.165, 1.54) is 30.3 Å². The molecule has 0 unspecified atom stereocenters. The first kappa shape index (κ1) is 49.9. The number of benzene rings is 9. The average Bonchev–Trinajstić information content (AvgIpc) is 3.98. The average molecular weight is 1050 g/mol. The summed E-state index contributed by atoms with van der Waals surface area (Å²) in [5, 5.41) is 22.8. The van der Waals surface area contributed by atoms with E-state index >= 15 is 0 Å². The lowest BCUT2D eigenvalue weighted by atomic mass is 9.92. The zero-order chi connectivity index (χ0) is 54.5. The molecule has 0 fully saturated rings. The number of aryl methyl sites for hydroxylation is 1.